The van der Waals surface area contributed by atoms with E-state index in [1.165, 1.54) is 54.4 Å². The number of fused-ring (bicyclic) bond motifs is 10. The summed E-state index contributed by atoms with van der Waals surface area (Å²) < 4.78 is 7.23. The van der Waals surface area contributed by atoms with Crippen molar-refractivity contribution in [2.75, 3.05) is 0 Å². The number of benzene rings is 6. The number of para-hydroxylation sites is 4. The molecule has 45 heavy (non-hydrogen) atoms. The molecule has 6 aromatic carbocycles. The molecule has 0 saturated carbocycles. The molecule has 0 saturated heterocycles. The Hall–Kier alpha value is -6.13. The zero-order valence-corrected chi connectivity index (χ0v) is 24.3. The van der Waals surface area contributed by atoms with Gasteiger partial charge in [-0.1, -0.05) is 84.9 Å². The average molecular weight is 575 g/mol. The van der Waals surface area contributed by atoms with Gasteiger partial charge in [0.05, 0.1) is 39.3 Å². The maximum absolute atomic E-state index is 4.51. The molecule has 0 N–H and O–H groups in total. The van der Waals surface area contributed by atoms with Gasteiger partial charge in [-0.05, 0) is 60.7 Å². The van der Waals surface area contributed by atoms with Gasteiger partial charge in [-0.3, -0.25) is 4.98 Å². The summed E-state index contributed by atoms with van der Waals surface area (Å²) in [5.41, 5.74) is 10.5. The molecule has 4 aromatic heterocycles. The molecular formula is C41H26N4. The van der Waals surface area contributed by atoms with Crippen molar-refractivity contribution in [3.63, 3.8) is 0 Å². The van der Waals surface area contributed by atoms with Gasteiger partial charge in [0, 0.05) is 55.6 Å². The van der Waals surface area contributed by atoms with E-state index in [1.54, 1.807) is 0 Å². The molecule has 0 fully saturated rings. The zero-order chi connectivity index (χ0) is 29.5. The Morgan fingerprint density at radius 3 is 1.49 bits per heavy atom. The van der Waals surface area contributed by atoms with Crippen LogP contribution in [-0.2, 0) is 0 Å². The van der Waals surface area contributed by atoms with Crippen LogP contribution in [0.25, 0.3) is 82.5 Å². The first-order chi connectivity index (χ1) is 22.4. The van der Waals surface area contributed by atoms with Crippen LogP contribution in [0.15, 0.2) is 158 Å². The van der Waals surface area contributed by atoms with Crippen LogP contribution in [-0.4, -0.2) is 18.7 Å². The van der Waals surface area contributed by atoms with Crippen LogP contribution in [0.1, 0.15) is 0 Å². The molecular weight excluding hydrogens is 548 g/mol. The second-order valence-electron chi connectivity index (χ2n) is 11.7. The quantitative estimate of drug-likeness (QED) is 0.206. The Balaban J connectivity index is 1.38. The van der Waals surface area contributed by atoms with Gasteiger partial charge in [0.1, 0.15) is 0 Å². The van der Waals surface area contributed by atoms with Crippen molar-refractivity contribution in [1.82, 2.24) is 18.7 Å². The summed E-state index contributed by atoms with van der Waals surface area (Å²) in [6.45, 7) is 0. The summed E-state index contributed by atoms with van der Waals surface area (Å²) in [5.74, 6) is 0. The molecule has 4 heteroatoms. The van der Waals surface area contributed by atoms with Crippen LogP contribution < -0.4 is 0 Å². The second kappa shape index (κ2) is 9.18. The number of hydrogen-bond acceptors (Lipinski definition) is 1. The van der Waals surface area contributed by atoms with Gasteiger partial charge in [0.2, 0.25) is 0 Å². The minimum Gasteiger partial charge on any atom is -0.308 e. The van der Waals surface area contributed by atoms with E-state index in [2.05, 4.69) is 164 Å². The van der Waals surface area contributed by atoms with Crippen LogP contribution in [0.3, 0.4) is 0 Å². The fraction of sp³-hybridized carbons (Fsp3) is 0. The van der Waals surface area contributed by atoms with Crippen molar-refractivity contribution in [3.05, 3.63) is 158 Å². The summed E-state index contributed by atoms with van der Waals surface area (Å²) >= 11 is 0. The van der Waals surface area contributed by atoms with E-state index in [0.717, 1.165) is 28.1 Å². The minimum atomic E-state index is 1.10. The van der Waals surface area contributed by atoms with E-state index in [-0.39, 0.29) is 0 Å². The molecule has 0 radical (unpaired) electrons. The first-order valence-electron chi connectivity index (χ1n) is 15.3. The summed E-state index contributed by atoms with van der Waals surface area (Å²) in [6, 6.07) is 52.5. The van der Waals surface area contributed by atoms with Crippen molar-refractivity contribution in [2.45, 2.75) is 0 Å². The maximum Gasteiger partial charge on any atom is 0.0788 e. The Morgan fingerprint density at radius 2 is 0.844 bits per heavy atom. The van der Waals surface area contributed by atoms with E-state index >= 15 is 0 Å². The van der Waals surface area contributed by atoms with Crippen LogP contribution in [0.5, 0.6) is 0 Å². The first kappa shape index (κ1) is 24.3. The van der Waals surface area contributed by atoms with Gasteiger partial charge in [-0.15, -0.1) is 0 Å². The summed E-state index contributed by atoms with van der Waals surface area (Å²) in [5, 5.41) is 7.39. The van der Waals surface area contributed by atoms with Crippen molar-refractivity contribution >= 4 is 65.4 Å². The first-order valence-corrected chi connectivity index (χ1v) is 15.3. The Bertz CT molecular complexity index is 2750. The molecule has 0 unspecified atom stereocenters. The van der Waals surface area contributed by atoms with Crippen molar-refractivity contribution in [1.29, 1.82) is 0 Å². The lowest BCUT2D eigenvalue weighted by Gasteiger charge is -2.13. The fourth-order valence-corrected chi connectivity index (χ4v) is 7.47. The minimum absolute atomic E-state index is 1.10. The second-order valence-corrected chi connectivity index (χ2v) is 11.7. The predicted molar refractivity (Wildman–Crippen MR) is 187 cm³/mol. The molecule has 0 aliphatic rings. The highest BCUT2D eigenvalue weighted by Crippen LogP contribution is 2.42. The van der Waals surface area contributed by atoms with E-state index in [9.17, 15) is 0 Å². The molecule has 0 aliphatic heterocycles. The van der Waals surface area contributed by atoms with Crippen LogP contribution in [0.4, 0.5) is 0 Å². The predicted octanol–water partition coefficient (Wildman–Crippen LogP) is 10.4. The van der Waals surface area contributed by atoms with Gasteiger partial charge in [-0.25, -0.2) is 0 Å². The van der Waals surface area contributed by atoms with Gasteiger partial charge < -0.3 is 13.7 Å². The van der Waals surface area contributed by atoms with Crippen molar-refractivity contribution in [3.8, 4) is 17.1 Å². The third kappa shape index (κ3) is 3.34. The Kier molecular flexibility index (Phi) is 4.96. The van der Waals surface area contributed by atoms with Crippen molar-refractivity contribution in [2.24, 2.45) is 0 Å². The van der Waals surface area contributed by atoms with Gasteiger partial charge in [-0.2, -0.15) is 0 Å². The highest BCUT2D eigenvalue weighted by molar-refractivity contribution is 6.24. The summed E-state index contributed by atoms with van der Waals surface area (Å²) in [7, 11) is 0. The SMILES string of the molecule is c1ccc(-n2c3ccc(-n4c5ccccc5c5ccc6c7ccccc7n(-c7ccccc7)c6c54)cc3c3ccncc32)cc1. The highest BCUT2D eigenvalue weighted by Gasteiger charge is 2.22. The van der Waals surface area contributed by atoms with E-state index in [4.69, 9.17) is 0 Å². The number of pyridine rings is 1. The van der Waals surface area contributed by atoms with Gasteiger partial charge in [0.15, 0.2) is 0 Å². The third-order valence-electron chi connectivity index (χ3n) is 9.31. The number of hydrogen-bond donors (Lipinski definition) is 0. The van der Waals surface area contributed by atoms with Crippen LogP contribution >= 0.6 is 0 Å². The Labute approximate surface area is 258 Å². The normalized spacial score (nSPS) is 12.0. The maximum atomic E-state index is 4.51. The smallest absolute Gasteiger partial charge is 0.0788 e. The van der Waals surface area contributed by atoms with Gasteiger partial charge >= 0.3 is 0 Å². The topological polar surface area (TPSA) is 27.7 Å². The Morgan fingerprint density at radius 1 is 0.333 bits per heavy atom. The molecule has 4 heterocycles. The number of rotatable bonds is 3. The lowest BCUT2D eigenvalue weighted by Crippen LogP contribution is -1.99. The molecule has 10 aromatic rings. The lowest BCUT2D eigenvalue weighted by atomic mass is 10.1. The largest absolute Gasteiger partial charge is 0.308 e. The molecule has 0 atom stereocenters. The molecule has 10 rings (SSSR count). The number of nitrogens with zero attached hydrogens (tertiary/aromatic N) is 4. The van der Waals surface area contributed by atoms with Crippen molar-refractivity contribution < 1.29 is 0 Å². The molecule has 0 amide bonds. The fourth-order valence-electron chi connectivity index (χ4n) is 7.47. The van der Waals surface area contributed by atoms with E-state index in [0.29, 0.717) is 0 Å². The average Bonchev–Trinajstić information content (AvgIpc) is 3.74. The number of aromatic nitrogens is 4. The standard InChI is InChI=1S/C41H26N4/c1-3-11-27(12-4-1)43-38-22-19-29(25-35(38)32-23-24-42-26-39(32)43)45-37-18-10-8-16-31(37)34-21-20-33-30-15-7-9-17-36(30)44(40(33)41(34)45)28-13-5-2-6-14-28/h1-26H. The highest BCUT2D eigenvalue weighted by atomic mass is 15.0. The van der Waals surface area contributed by atoms with Gasteiger partial charge in [0.25, 0.3) is 0 Å². The molecule has 0 aliphatic carbocycles. The summed E-state index contributed by atoms with van der Waals surface area (Å²) in [4.78, 5) is 4.51. The monoisotopic (exact) mass is 574 g/mol. The molecule has 0 bridgehead atoms. The lowest BCUT2D eigenvalue weighted by molar-refractivity contribution is 1.15. The summed E-state index contributed by atoms with van der Waals surface area (Å²) in [6.07, 6.45) is 3.87. The molecule has 210 valence electrons. The zero-order valence-electron chi connectivity index (χ0n) is 24.3. The molecule has 4 nitrogen and oxygen atoms in total. The third-order valence-corrected chi connectivity index (χ3v) is 9.31. The van der Waals surface area contributed by atoms with Crippen LogP contribution in [0, 0.1) is 0 Å². The van der Waals surface area contributed by atoms with E-state index < -0.39 is 0 Å². The van der Waals surface area contributed by atoms with Crippen LogP contribution in [0.2, 0.25) is 0 Å². The molecule has 0 spiro atoms. The van der Waals surface area contributed by atoms with E-state index in [1.807, 2.05) is 12.4 Å².